The minimum atomic E-state index is 0.922. The monoisotopic (exact) mass is 125 g/mol. The summed E-state index contributed by atoms with van der Waals surface area (Å²) < 4.78 is 0. The second-order valence-corrected chi connectivity index (χ2v) is 1.93. The van der Waals surface area contributed by atoms with Crippen LogP contribution in [0.1, 0.15) is 27.7 Å². The predicted octanol–water partition coefficient (Wildman–Crippen LogP) is 2.43. The van der Waals surface area contributed by atoms with Gasteiger partial charge in [-0.1, -0.05) is 13.8 Å². The quantitative estimate of drug-likeness (QED) is 0.471. The molecule has 0 aromatic carbocycles. The molecule has 1 heteroatoms. The van der Waals surface area contributed by atoms with Crippen molar-refractivity contribution in [2.75, 3.05) is 6.54 Å². The Kier molecular flexibility index (Phi) is 4.02. The molecule has 0 aromatic heterocycles. The fourth-order valence-corrected chi connectivity index (χ4v) is 0.554. The van der Waals surface area contributed by atoms with Crippen molar-refractivity contribution in [1.29, 1.82) is 0 Å². The van der Waals surface area contributed by atoms with Crippen molar-refractivity contribution in [3.63, 3.8) is 0 Å². The zero-order chi connectivity index (χ0) is 7.28. The Hall–Kier alpha value is -0.590. The second-order valence-electron chi connectivity index (χ2n) is 1.93. The zero-order valence-corrected chi connectivity index (χ0v) is 6.73. The molecule has 0 saturated heterocycles. The first-order valence-corrected chi connectivity index (χ1v) is 3.47. The lowest BCUT2D eigenvalue weighted by molar-refractivity contribution is 1.17. The summed E-state index contributed by atoms with van der Waals surface area (Å²) in [5.74, 6) is 0. The highest BCUT2D eigenvalue weighted by Gasteiger charge is 1.96. The van der Waals surface area contributed by atoms with E-state index in [2.05, 4.69) is 18.8 Å². The average Bonchev–Trinajstić information content (AvgIpc) is 2.23. The lowest BCUT2D eigenvalue weighted by atomic mass is 10.2. The van der Waals surface area contributed by atoms with E-state index in [0.29, 0.717) is 0 Å². The van der Waals surface area contributed by atoms with Gasteiger partial charge >= 0.3 is 0 Å². The molecule has 0 saturated carbocycles. The van der Waals surface area contributed by atoms with Crippen LogP contribution in [0.3, 0.4) is 0 Å². The van der Waals surface area contributed by atoms with Crippen LogP contribution in [0.4, 0.5) is 0 Å². The summed E-state index contributed by atoms with van der Waals surface area (Å²) in [6.45, 7) is 9.12. The maximum absolute atomic E-state index is 4.05. The first-order chi connectivity index (χ1) is 4.30. The molecule has 1 aliphatic heterocycles. The molecule has 0 radical (unpaired) electrons. The number of allylic oxidation sites excluding steroid dienone is 1. The van der Waals surface area contributed by atoms with Gasteiger partial charge in [0.2, 0.25) is 0 Å². The van der Waals surface area contributed by atoms with Crippen molar-refractivity contribution in [3.8, 4) is 0 Å². The van der Waals surface area contributed by atoms with E-state index in [1.165, 1.54) is 11.1 Å². The SMILES string of the molecule is CC.CC1=C(C)CN=C1. The van der Waals surface area contributed by atoms with Crippen LogP contribution in [-0.4, -0.2) is 12.8 Å². The summed E-state index contributed by atoms with van der Waals surface area (Å²) >= 11 is 0. The molecular weight excluding hydrogens is 110 g/mol. The summed E-state index contributed by atoms with van der Waals surface area (Å²) in [6, 6.07) is 0. The van der Waals surface area contributed by atoms with Crippen LogP contribution in [0.2, 0.25) is 0 Å². The number of rotatable bonds is 0. The summed E-state index contributed by atoms with van der Waals surface area (Å²) in [4.78, 5) is 4.05. The molecule has 0 aliphatic carbocycles. The van der Waals surface area contributed by atoms with Gasteiger partial charge in [-0.15, -0.1) is 0 Å². The Balaban J connectivity index is 0.000000291. The van der Waals surface area contributed by atoms with Crippen LogP contribution in [-0.2, 0) is 0 Å². The molecule has 0 bridgehead atoms. The van der Waals surface area contributed by atoms with E-state index in [0.717, 1.165) is 6.54 Å². The van der Waals surface area contributed by atoms with E-state index >= 15 is 0 Å². The third-order valence-corrected chi connectivity index (χ3v) is 1.29. The van der Waals surface area contributed by atoms with Crippen molar-refractivity contribution >= 4 is 6.21 Å². The Labute approximate surface area is 57.5 Å². The van der Waals surface area contributed by atoms with Crippen LogP contribution >= 0.6 is 0 Å². The summed E-state index contributed by atoms with van der Waals surface area (Å²) in [5.41, 5.74) is 2.74. The average molecular weight is 125 g/mol. The lowest BCUT2D eigenvalue weighted by Gasteiger charge is -1.85. The normalized spacial score (nSPS) is 15.6. The number of aliphatic imine (C=N–C) groups is 1. The number of hydrogen-bond acceptors (Lipinski definition) is 1. The summed E-state index contributed by atoms with van der Waals surface area (Å²) in [6.07, 6.45) is 1.93. The molecular formula is C8H15N. The van der Waals surface area contributed by atoms with Gasteiger partial charge in [0.25, 0.3) is 0 Å². The van der Waals surface area contributed by atoms with Gasteiger partial charge in [-0.25, -0.2) is 0 Å². The van der Waals surface area contributed by atoms with E-state index in [1.807, 2.05) is 20.1 Å². The molecule has 0 atom stereocenters. The van der Waals surface area contributed by atoms with Crippen LogP contribution in [0.5, 0.6) is 0 Å². The smallest absolute Gasteiger partial charge is 0.0603 e. The van der Waals surface area contributed by atoms with E-state index < -0.39 is 0 Å². The van der Waals surface area contributed by atoms with Gasteiger partial charge in [0.15, 0.2) is 0 Å². The molecule has 1 heterocycles. The third-order valence-electron chi connectivity index (χ3n) is 1.29. The predicted molar refractivity (Wildman–Crippen MR) is 43.1 cm³/mol. The molecule has 1 rings (SSSR count). The molecule has 0 N–H and O–H groups in total. The topological polar surface area (TPSA) is 12.4 Å². The summed E-state index contributed by atoms with van der Waals surface area (Å²) in [5, 5.41) is 0. The van der Waals surface area contributed by atoms with Gasteiger partial charge in [-0.2, -0.15) is 0 Å². The highest BCUT2D eigenvalue weighted by atomic mass is 14.7. The van der Waals surface area contributed by atoms with Gasteiger partial charge in [-0.05, 0) is 25.0 Å². The van der Waals surface area contributed by atoms with Crippen molar-refractivity contribution < 1.29 is 0 Å². The maximum atomic E-state index is 4.05. The van der Waals surface area contributed by atoms with E-state index in [4.69, 9.17) is 0 Å². The fraction of sp³-hybridized carbons (Fsp3) is 0.625. The standard InChI is InChI=1S/C6H9N.C2H6/c1-5-3-7-4-6(5)2;1-2/h3H,4H2,1-2H3;1-2H3. The van der Waals surface area contributed by atoms with Gasteiger partial charge in [-0.3, -0.25) is 4.99 Å². The first-order valence-electron chi connectivity index (χ1n) is 3.47. The Morgan fingerprint density at radius 2 is 1.89 bits per heavy atom. The molecule has 0 amide bonds. The molecule has 1 aliphatic rings. The highest BCUT2D eigenvalue weighted by molar-refractivity contribution is 5.81. The Bertz CT molecular complexity index is 132. The molecule has 0 fully saturated rings. The van der Waals surface area contributed by atoms with Crippen molar-refractivity contribution in [1.82, 2.24) is 0 Å². The Morgan fingerprint density at radius 1 is 1.33 bits per heavy atom. The van der Waals surface area contributed by atoms with Crippen molar-refractivity contribution in [2.24, 2.45) is 4.99 Å². The van der Waals surface area contributed by atoms with Crippen LogP contribution in [0, 0.1) is 0 Å². The lowest BCUT2D eigenvalue weighted by Crippen LogP contribution is -1.76. The zero-order valence-electron chi connectivity index (χ0n) is 6.73. The second kappa shape index (κ2) is 4.30. The van der Waals surface area contributed by atoms with Crippen LogP contribution in [0.15, 0.2) is 16.1 Å². The van der Waals surface area contributed by atoms with E-state index in [1.54, 1.807) is 0 Å². The Morgan fingerprint density at radius 3 is 2.00 bits per heavy atom. The highest BCUT2D eigenvalue weighted by Crippen LogP contribution is 2.06. The van der Waals surface area contributed by atoms with Gasteiger partial charge in [0.05, 0.1) is 6.54 Å². The molecule has 9 heavy (non-hydrogen) atoms. The fourth-order valence-electron chi connectivity index (χ4n) is 0.554. The van der Waals surface area contributed by atoms with Crippen molar-refractivity contribution in [2.45, 2.75) is 27.7 Å². The molecule has 0 spiro atoms. The molecule has 52 valence electrons. The molecule has 0 aromatic rings. The van der Waals surface area contributed by atoms with E-state index in [9.17, 15) is 0 Å². The molecule has 1 nitrogen and oxygen atoms in total. The number of nitrogens with zero attached hydrogens (tertiary/aromatic N) is 1. The van der Waals surface area contributed by atoms with Gasteiger partial charge < -0.3 is 0 Å². The maximum Gasteiger partial charge on any atom is 0.0603 e. The van der Waals surface area contributed by atoms with Gasteiger partial charge in [0.1, 0.15) is 0 Å². The summed E-state index contributed by atoms with van der Waals surface area (Å²) in [7, 11) is 0. The minimum Gasteiger partial charge on any atom is -0.288 e. The third kappa shape index (κ3) is 2.45. The van der Waals surface area contributed by atoms with E-state index in [-0.39, 0.29) is 0 Å². The largest absolute Gasteiger partial charge is 0.288 e. The van der Waals surface area contributed by atoms with Crippen molar-refractivity contribution in [3.05, 3.63) is 11.1 Å². The van der Waals surface area contributed by atoms with Crippen LogP contribution in [0.25, 0.3) is 0 Å². The number of hydrogen-bond donors (Lipinski definition) is 0. The minimum absolute atomic E-state index is 0.922. The van der Waals surface area contributed by atoms with Crippen LogP contribution < -0.4 is 0 Å². The first kappa shape index (κ1) is 8.41. The van der Waals surface area contributed by atoms with Gasteiger partial charge in [0, 0.05) is 6.21 Å². The molecule has 0 unspecified atom stereocenters.